The second-order valence-electron chi connectivity index (χ2n) is 6.83. The minimum Gasteiger partial charge on any atom is -0.454 e. The third kappa shape index (κ3) is 5.39. The fourth-order valence-corrected chi connectivity index (χ4v) is 3.26. The highest BCUT2D eigenvalue weighted by atomic mass is 16.7. The van der Waals surface area contributed by atoms with Crippen LogP contribution in [0.5, 0.6) is 0 Å². The summed E-state index contributed by atoms with van der Waals surface area (Å²) in [6.45, 7) is 3.75. The van der Waals surface area contributed by atoms with E-state index in [1.165, 1.54) is 6.92 Å². The molecular weight excluding hydrogens is 360 g/mol. The molecule has 0 radical (unpaired) electrons. The zero-order valence-corrected chi connectivity index (χ0v) is 16.1. The van der Waals surface area contributed by atoms with E-state index in [0.29, 0.717) is 13.2 Å². The topological polar surface area (TPSA) is 74.2 Å². The maximum absolute atomic E-state index is 11.6. The maximum atomic E-state index is 11.6. The molecule has 0 bridgehead atoms. The van der Waals surface area contributed by atoms with Crippen LogP contribution in [0.25, 0.3) is 0 Å². The van der Waals surface area contributed by atoms with Gasteiger partial charge in [-0.3, -0.25) is 4.79 Å². The Hall–Kier alpha value is -2.25. The van der Waals surface area contributed by atoms with Gasteiger partial charge in [0.2, 0.25) is 0 Å². The molecular formula is C22H26O6. The van der Waals surface area contributed by atoms with E-state index in [2.05, 4.69) is 0 Å². The highest BCUT2D eigenvalue weighted by molar-refractivity contribution is 5.66. The third-order valence-corrected chi connectivity index (χ3v) is 4.62. The molecule has 2 aromatic rings. The molecule has 0 unspecified atom stereocenters. The molecule has 0 amide bonds. The van der Waals surface area contributed by atoms with Crippen LogP contribution < -0.4 is 0 Å². The number of carbonyl (C=O) groups is 1. The van der Waals surface area contributed by atoms with Gasteiger partial charge in [0, 0.05) is 6.92 Å². The number of esters is 1. The standard InChI is InChI=1S/C22H26O6/c1-15-19(25-13-17-9-5-3-6-10-17)20(21(22(24)27-15)28-16(2)23)26-14-18-11-7-4-8-12-18/h3-12,15,19-22,24H,13-14H2,1-2H3/t15-,19-,20+,21-,22+/m1/s1. The predicted molar refractivity (Wildman–Crippen MR) is 102 cm³/mol. The van der Waals surface area contributed by atoms with E-state index in [-0.39, 0.29) is 0 Å². The minimum absolute atomic E-state index is 0.300. The fourth-order valence-electron chi connectivity index (χ4n) is 3.26. The number of aliphatic hydroxyl groups is 1. The number of rotatable bonds is 7. The van der Waals surface area contributed by atoms with E-state index in [4.69, 9.17) is 18.9 Å². The van der Waals surface area contributed by atoms with Crippen molar-refractivity contribution in [1.82, 2.24) is 0 Å². The first-order valence-corrected chi connectivity index (χ1v) is 9.36. The second kappa shape index (κ2) is 9.80. The minimum atomic E-state index is -1.28. The van der Waals surface area contributed by atoms with Gasteiger partial charge in [0.25, 0.3) is 0 Å². The van der Waals surface area contributed by atoms with Crippen LogP contribution in [0.3, 0.4) is 0 Å². The number of ether oxygens (including phenoxy) is 4. The van der Waals surface area contributed by atoms with E-state index < -0.39 is 36.7 Å². The Bertz CT molecular complexity index is 735. The van der Waals surface area contributed by atoms with Crippen LogP contribution in [-0.2, 0) is 37.0 Å². The monoisotopic (exact) mass is 386 g/mol. The molecule has 1 saturated heterocycles. The normalized spacial score (nSPS) is 27.3. The van der Waals surface area contributed by atoms with Crippen molar-refractivity contribution in [2.75, 3.05) is 0 Å². The lowest BCUT2D eigenvalue weighted by atomic mass is 9.98. The lowest BCUT2D eigenvalue weighted by Crippen LogP contribution is -2.59. The first kappa shape index (κ1) is 20.5. The van der Waals surface area contributed by atoms with E-state index in [0.717, 1.165) is 11.1 Å². The summed E-state index contributed by atoms with van der Waals surface area (Å²) >= 11 is 0. The van der Waals surface area contributed by atoms with Crippen molar-refractivity contribution >= 4 is 5.97 Å². The van der Waals surface area contributed by atoms with Gasteiger partial charge in [0.1, 0.15) is 12.2 Å². The highest BCUT2D eigenvalue weighted by Gasteiger charge is 2.47. The summed E-state index contributed by atoms with van der Waals surface area (Å²) in [5.41, 5.74) is 1.98. The van der Waals surface area contributed by atoms with Crippen LogP contribution in [0.15, 0.2) is 60.7 Å². The van der Waals surface area contributed by atoms with Crippen LogP contribution in [0.4, 0.5) is 0 Å². The molecule has 28 heavy (non-hydrogen) atoms. The summed E-state index contributed by atoms with van der Waals surface area (Å²) in [4.78, 5) is 11.6. The van der Waals surface area contributed by atoms with Crippen LogP contribution in [0.1, 0.15) is 25.0 Å². The fraction of sp³-hybridized carbons (Fsp3) is 0.409. The van der Waals surface area contributed by atoms with Gasteiger partial charge in [0.05, 0.1) is 19.3 Å². The van der Waals surface area contributed by atoms with E-state index >= 15 is 0 Å². The van der Waals surface area contributed by atoms with Gasteiger partial charge in [-0.05, 0) is 18.1 Å². The van der Waals surface area contributed by atoms with Gasteiger partial charge in [0.15, 0.2) is 12.4 Å². The molecule has 0 saturated carbocycles. The molecule has 6 heteroatoms. The molecule has 3 rings (SSSR count). The van der Waals surface area contributed by atoms with Crippen LogP contribution >= 0.6 is 0 Å². The maximum Gasteiger partial charge on any atom is 0.303 e. The Morgan fingerprint density at radius 2 is 1.39 bits per heavy atom. The number of hydrogen-bond donors (Lipinski definition) is 1. The Morgan fingerprint density at radius 3 is 1.89 bits per heavy atom. The van der Waals surface area contributed by atoms with Crippen LogP contribution in [-0.4, -0.2) is 41.8 Å². The Kier molecular flexibility index (Phi) is 7.17. The van der Waals surface area contributed by atoms with E-state index in [1.54, 1.807) is 0 Å². The Labute approximate surface area is 165 Å². The van der Waals surface area contributed by atoms with Gasteiger partial charge in [-0.2, -0.15) is 0 Å². The lowest BCUT2D eigenvalue weighted by Gasteiger charge is -2.43. The molecule has 0 aromatic heterocycles. The smallest absolute Gasteiger partial charge is 0.303 e. The largest absolute Gasteiger partial charge is 0.454 e. The van der Waals surface area contributed by atoms with Crippen molar-refractivity contribution in [2.45, 2.75) is 57.8 Å². The molecule has 1 heterocycles. The third-order valence-electron chi connectivity index (χ3n) is 4.62. The molecule has 2 aromatic carbocycles. The van der Waals surface area contributed by atoms with Crippen molar-refractivity contribution in [3.63, 3.8) is 0 Å². The highest BCUT2D eigenvalue weighted by Crippen LogP contribution is 2.28. The van der Waals surface area contributed by atoms with E-state index in [1.807, 2.05) is 67.6 Å². The average molecular weight is 386 g/mol. The molecule has 150 valence electrons. The summed E-state index contributed by atoms with van der Waals surface area (Å²) in [6.07, 6.45) is -3.89. The summed E-state index contributed by atoms with van der Waals surface area (Å²) in [6, 6.07) is 19.4. The molecule has 1 aliphatic heterocycles. The molecule has 1 fully saturated rings. The van der Waals surface area contributed by atoms with Gasteiger partial charge in [-0.15, -0.1) is 0 Å². The first-order valence-electron chi connectivity index (χ1n) is 9.36. The van der Waals surface area contributed by atoms with Crippen molar-refractivity contribution in [3.05, 3.63) is 71.8 Å². The van der Waals surface area contributed by atoms with Crippen molar-refractivity contribution in [1.29, 1.82) is 0 Å². The molecule has 0 spiro atoms. The summed E-state index contributed by atoms with van der Waals surface area (Å²) in [5, 5.41) is 10.3. The Morgan fingerprint density at radius 1 is 0.893 bits per heavy atom. The van der Waals surface area contributed by atoms with Crippen molar-refractivity contribution < 1.29 is 28.8 Å². The van der Waals surface area contributed by atoms with Crippen molar-refractivity contribution in [2.24, 2.45) is 0 Å². The summed E-state index contributed by atoms with van der Waals surface area (Å²) in [5.74, 6) is -0.516. The Balaban J connectivity index is 1.76. The molecule has 1 N–H and O–H groups in total. The summed E-state index contributed by atoms with van der Waals surface area (Å²) in [7, 11) is 0. The number of aliphatic hydroxyl groups excluding tert-OH is 1. The van der Waals surface area contributed by atoms with Crippen LogP contribution in [0, 0.1) is 0 Å². The molecule has 0 aliphatic carbocycles. The number of carbonyl (C=O) groups excluding carboxylic acids is 1. The number of benzene rings is 2. The van der Waals surface area contributed by atoms with Gasteiger partial charge in [-0.25, -0.2) is 0 Å². The molecule has 5 atom stereocenters. The van der Waals surface area contributed by atoms with Gasteiger partial charge < -0.3 is 24.1 Å². The second-order valence-corrected chi connectivity index (χ2v) is 6.83. The summed E-state index contributed by atoms with van der Waals surface area (Å²) < 4.78 is 23.0. The SMILES string of the molecule is CC(=O)O[C@@H]1[C@@H](OCc2ccccc2)[C@H](OCc2ccccc2)[C@@H](C)O[C@@H]1O. The van der Waals surface area contributed by atoms with Crippen LogP contribution in [0.2, 0.25) is 0 Å². The first-order chi connectivity index (χ1) is 13.5. The molecule has 1 aliphatic rings. The lowest BCUT2D eigenvalue weighted by molar-refractivity contribution is -0.300. The van der Waals surface area contributed by atoms with Crippen molar-refractivity contribution in [3.8, 4) is 0 Å². The zero-order valence-electron chi connectivity index (χ0n) is 16.1. The molecule has 6 nitrogen and oxygen atoms in total. The number of hydrogen-bond acceptors (Lipinski definition) is 6. The quantitative estimate of drug-likeness (QED) is 0.738. The zero-order chi connectivity index (χ0) is 19.9. The predicted octanol–water partition coefficient (Wildman–Crippen LogP) is 2.83. The van der Waals surface area contributed by atoms with Gasteiger partial charge >= 0.3 is 5.97 Å². The average Bonchev–Trinajstić information content (AvgIpc) is 2.69. The van der Waals surface area contributed by atoms with Gasteiger partial charge in [-0.1, -0.05) is 60.7 Å². The van der Waals surface area contributed by atoms with E-state index in [9.17, 15) is 9.90 Å².